The highest BCUT2D eigenvalue weighted by atomic mass is 19.1. The lowest BCUT2D eigenvalue weighted by atomic mass is 9.85. The molecule has 6 rings (SSSR count). The van der Waals surface area contributed by atoms with Crippen molar-refractivity contribution in [2.45, 2.75) is 31.3 Å². The Morgan fingerprint density at radius 3 is 2.55 bits per heavy atom. The first-order valence-electron chi connectivity index (χ1n) is 11.9. The first-order valence-corrected chi connectivity index (χ1v) is 11.9. The van der Waals surface area contributed by atoms with Crippen LogP contribution in [0.3, 0.4) is 0 Å². The van der Waals surface area contributed by atoms with E-state index in [9.17, 15) is 28.4 Å². The molecule has 0 aromatic heterocycles. The highest BCUT2D eigenvalue weighted by Crippen LogP contribution is 2.40. The molecule has 1 aliphatic carbocycles. The van der Waals surface area contributed by atoms with Crippen molar-refractivity contribution >= 4 is 29.7 Å². The number of imide groups is 2. The first kappa shape index (κ1) is 23.7. The summed E-state index contributed by atoms with van der Waals surface area (Å²) in [5.74, 6) is 2.92. The molecule has 3 N–H and O–H groups in total. The SMILES string of the molecule is COc1ccc2c(c1F)C(=O)N(C[C@@]1(C#Cc3ccc4c(c3)CCC43NC(=O)NC3=O)CC(=O)NC1=O)C2. The fourth-order valence-electron chi connectivity index (χ4n) is 5.72. The van der Waals surface area contributed by atoms with Gasteiger partial charge in [-0.3, -0.25) is 29.8 Å². The third-order valence-electron chi connectivity index (χ3n) is 7.61. The van der Waals surface area contributed by atoms with E-state index in [1.54, 1.807) is 24.3 Å². The van der Waals surface area contributed by atoms with Gasteiger partial charge in [0.05, 0.1) is 19.1 Å². The maximum absolute atomic E-state index is 14.8. The molecule has 10 nitrogen and oxygen atoms in total. The molecule has 3 heterocycles. The summed E-state index contributed by atoms with van der Waals surface area (Å²) in [5.41, 5.74) is -0.207. The molecule has 38 heavy (non-hydrogen) atoms. The van der Waals surface area contributed by atoms with Crippen molar-refractivity contribution in [1.82, 2.24) is 20.9 Å². The van der Waals surface area contributed by atoms with Gasteiger partial charge in [-0.25, -0.2) is 9.18 Å². The zero-order chi connectivity index (χ0) is 26.8. The molecular weight excluding hydrogens is 495 g/mol. The molecule has 2 atom stereocenters. The number of ether oxygens (including phenoxy) is 1. The molecule has 1 spiro atoms. The van der Waals surface area contributed by atoms with Crippen LogP contribution in [-0.4, -0.2) is 48.2 Å². The molecule has 0 saturated carbocycles. The van der Waals surface area contributed by atoms with Crippen molar-refractivity contribution in [2.75, 3.05) is 13.7 Å². The Hall–Kier alpha value is -4.72. The average molecular weight is 516 g/mol. The van der Waals surface area contributed by atoms with E-state index >= 15 is 0 Å². The Bertz CT molecular complexity index is 1560. The number of carbonyl (C=O) groups is 5. The van der Waals surface area contributed by atoms with Gasteiger partial charge in [0.15, 0.2) is 11.6 Å². The number of hydrogen-bond donors (Lipinski definition) is 3. The van der Waals surface area contributed by atoms with Crippen molar-refractivity contribution in [3.63, 3.8) is 0 Å². The number of amides is 6. The second-order valence-corrected chi connectivity index (χ2v) is 9.85. The smallest absolute Gasteiger partial charge is 0.322 e. The highest BCUT2D eigenvalue weighted by molar-refractivity contribution is 6.09. The monoisotopic (exact) mass is 516 g/mol. The number of aryl methyl sites for hydroxylation is 1. The van der Waals surface area contributed by atoms with Crippen LogP contribution in [0.15, 0.2) is 30.3 Å². The number of urea groups is 1. The van der Waals surface area contributed by atoms with Gasteiger partial charge in [0.1, 0.15) is 11.0 Å². The van der Waals surface area contributed by atoms with E-state index in [4.69, 9.17) is 4.74 Å². The molecule has 1 unspecified atom stereocenters. The number of nitrogens with zero attached hydrogens (tertiary/aromatic N) is 1. The van der Waals surface area contributed by atoms with Gasteiger partial charge >= 0.3 is 6.03 Å². The fraction of sp³-hybridized carbons (Fsp3) is 0.296. The summed E-state index contributed by atoms with van der Waals surface area (Å²) >= 11 is 0. The number of carbonyl (C=O) groups excluding carboxylic acids is 5. The number of rotatable bonds is 3. The number of nitrogens with one attached hydrogen (secondary N) is 3. The standard InChI is InChI=1S/C27H21FN4O6/c1-38-18-5-3-16-12-32(22(34)20(16)21(18)28)13-26(11-19(33)29-23(26)35)8-6-14-2-4-17-15(10-14)7-9-27(17)24(36)30-25(37)31-27/h2-5,10H,7,9,11-13H2,1H3,(H,29,33,35)(H2,30,31,36,37)/t26-,27?/m1/s1. The Morgan fingerprint density at radius 1 is 1.05 bits per heavy atom. The van der Waals surface area contributed by atoms with Crippen molar-refractivity contribution < 1.29 is 33.1 Å². The number of fused-ring (bicyclic) bond motifs is 3. The second-order valence-electron chi connectivity index (χ2n) is 9.85. The molecule has 2 aromatic carbocycles. The van der Waals surface area contributed by atoms with Crippen LogP contribution in [0.5, 0.6) is 5.75 Å². The molecular formula is C27H21FN4O6. The van der Waals surface area contributed by atoms with E-state index in [2.05, 4.69) is 27.8 Å². The second kappa shape index (κ2) is 8.14. The Balaban J connectivity index is 1.31. The van der Waals surface area contributed by atoms with E-state index in [0.29, 0.717) is 29.5 Å². The van der Waals surface area contributed by atoms with Crippen molar-refractivity contribution in [1.29, 1.82) is 0 Å². The van der Waals surface area contributed by atoms with E-state index in [-0.39, 0.29) is 30.8 Å². The lowest BCUT2D eigenvalue weighted by Gasteiger charge is -2.25. The number of benzene rings is 2. The molecule has 2 fully saturated rings. The predicted molar refractivity (Wildman–Crippen MR) is 128 cm³/mol. The zero-order valence-corrected chi connectivity index (χ0v) is 20.2. The van der Waals surface area contributed by atoms with Crippen LogP contribution >= 0.6 is 0 Å². The van der Waals surface area contributed by atoms with Crippen molar-refractivity contribution in [2.24, 2.45) is 5.41 Å². The summed E-state index contributed by atoms with van der Waals surface area (Å²) in [6.07, 6.45) is 0.708. The summed E-state index contributed by atoms with van der Waals surface area (Å²) in [4.78, 5) is 63.7. The number of halogens is 1. The summed E-state index contributed by atoms with van der Waals surface area (Å²) in [7, 11) is 1.30. The van der Waals surface area contributed by atoms with Crippen LogP contribution in [-0.2, 0) is 32.9 Å². The number of hydrogen-bond acceptors (Lipinski definition) is 6. The molecule has 11 heteroatoms. The fourth-order valence-corrected chi connectivity index (χ4v) is 5.72. The normalized spacial score (nSPS) is 25.1. The molecule has 2 saturated heterocycles. The zero-order valence-electron chi connectivity index (χ0n) is 20.2. The molecule has 3 aliphatic heterocycles. The molecule has 192 valence electrons. The molecule has 2 aromatic rings. The van der Waals surface area contributed by atoms with Gasteiger partial charge in [-0.2, -0.15) is 0 Å². The lowest BCUT2D eigenvalue weighted by Crippen LogP contribution is -2.42. The van der Waals surface area contributed by atoms with Gasteiger partial charge in [0.2, 0.25) is 11.8 Å². The van der Waals surface area contributed by atoms with Gasteiger partial charge in [-0.05, 0) is 47.7 Å². The van der Waals surface area contributed by atoms with Gasteiger partial charge < -0.3 is 15.0 Å². The third-order valence-corrected chi connectivity index (χ3v) is 7.61. The summed E-state index contributed by atoms with van der Waals surface area (Å²) < 4.78 is 19.8. The van der Waals surface area contributed by atoms with Gasteiger partial charge in [0, 0.05) is 18.7 Å². The minimum absolute atomic E-state index is 0.0599. The Labute approximate surface area is 215 Å². The maximum atomic E-state index is 14.8. The van der Waals surface area contributed by atoms with E-state index in [0.717, 1.165) is 5.56 Å². The summed E-state index contributed by atoms with van der Waals surface area (Å²) in [6.45, 7) is -0.137. The topological polar surface area (TPSA) is 134 Å². The average Bonchev–Trinajstić information content (AvgIpc) is 3.57. The quantitative estimate of drug-likeness (QED) is 0.315. The van der Waals surface area contributed by atoms with Crippen LogP contribution in [0, 0.1) is 23.1 Å². The van der Waals surface area contributed by atoms with Crippen LogP contribution in [0.2, 0.25) is 0 Å². The van der Waals surface area contributed by atoms with E-state index in [1.807, 2.05) is 0 Å². The van der Waals surface area contributed by atoms with Gasteiger partial charge in [-0.1, -0.05) is 24.0 Å². The highest BCUT2D eigenvalue weighted by Gasteiger charge is 2.52. The van der Waals surface area contributed by atoms with Crippen molar-refractivity contribution in [3.8, 4) is 17.6 Å². The largest absolute Gasteiger partial charge is 0.494 e. The molecule has 6 amide bonds. The minimum Gasteiger partial charge on any atom is -0.494 e. The molecule has 4 aliphatic rings. The molecule has 0 bridgehead atoms. The minimum atomic E-state index is -1.52. The Kier molecular flexibility index (Phi) is 5.07. The van der Waals surface area contributed by atoms with Crippen LogP contribution < -0.4 is 20.7 Å². The Morgan fingerprint density at radius 2 is 1.87 bits per heavy atom. The van der Waals surface area contributed by atoms with Crippen LogP contribution in [0.1, 0.15) is 45.5 Å². The summed E-state index contributed by atoms with van der Waals surface area (Å²) in [5, 5.41) is 7.26. The van der Waals surface area contributed by atoms with E-state index in [1.165, 1.54) is 18.1 Å². The third kappa shape index (κ3) is 3.37. The molecule has 0 radical (unpaired) electrons. The van der Waals surface area contributed by atoms with E-state index < -0.39 is 46.4 Å². The lowest BCUT2D eigenvalue weighted by molar-refractivity contribution is -0.127. The number of methoxy groups -OCH3 is 1. The van der Waals surface area contributed by atoms with Gasteiger partial charge in [0.25, 0.3) is 11.8 Å². The van der Waals surface area contributed by atoms with Crippen molar-refractivity contribution in [3.05, 3.63) is 64.0 Å². The summed E-state index contributed by atoms with van der Waals surface area (Å²) in [6, 6.07) is 7.68. The van der Waals surface area contributed by atoms with Crippen LogP contribution in [0.25, 0.3) is 0 Å². The maximum Gasteiger partial charge on any atom is 0.322 e. The van der Waals surface area contributed by atoms with Crippen LogP contribution in [0.4, 0.5) is 9.18 Å². The first-order chi connectivity index (χ1) is 18.2. The predicted octanol–water partition coefficient (Wildman–Crippen LogP) is 0.856. The van der Waals surface area contributed by atoms with Gasteiger partial charge in [-0.15, -0.1) is 0 Å².